The van der Waals surface area contributed by atoms with E-state index in [1.165, 1.54) is 0 Å². The molecule has 2 N–H and O–H groups in total. The molecule has 96 valence electrons. The number of carbonyl (C=O) groups is 1. The van der Waals surface area contributed by atoms with E-state index in [2.05, 4.69) is 0 Å². The van der Waals surface area contributed by atoms with E-state index in [9.17, 15) is 18.0 Å². The van der Waals surface area contributed by atoms with E-state index < -0.39 is 19.0 Å². The van der Waals surface area contributed by atoms with Gasteiger partial charge in [0.25, 0.3) is 0 Å². The monoisotopic (exact) mass is 239 g/mol. The van der Waals surface area contributed by atoms with Gasteiger partial charge in [-0.2, -0.15) is 13.2 Å². The van der Waals surface area contributed by atoms with Crippen molar-refractivity contribution in [3.05, 3.63) is 0 Å². The molecule has 0 fully saturated rings. The van der Waals surface area contributed by atoms with Crippen LogP contribution in [0.15, 0.2) is 0 Å². The highest BCUT2D eigenvalue weighted by Gasteiger charge is 2.28. The molecule has 0 aromatic carbocycles. The van der Waals surface area contributed by atoms with Crippen molar-refractivity contribution >= 4 is 5.78 Å². The standard InChI is InChI=1S/C11H20F3NO/c1-8(4-3-5-9(2)15)10(16)6-7-11(12,13)14/h8-9H,3-7,15H2,1-2H3. The maximum absolute atomic E-state index is 11.9. The van der Waals surface area contributed by atoms with Crippen molar-refractivity contribution in [1.29, 1.82) is 0 Å². The van der Waals surface area contributed by atoms with Gasteiger partial charge in [0.1, 0.15) is 5.78 Å². The van der Waals surface area contributed by atoms with E-state index in [-0.39, 0.29) is 17.7 Å². The summed E-state index contributed by atoms with van der Waals surface area (Å²) in [7, 11) is 0. The predicted molar refractivity (Wildman–Crippen MR) is 57.0 cm³/mol. The smallest absolute Gasteiger partial charge is 0.328 e. The molecule has 0 spiro atoms. The van der Waals surface area contributed by atoms with Crippen molar-refractivity contribution in [2.45, 2.75) is 58.2 Å². The second kappa shape index (κ2) is 6.89. The average Bonchev–Trinajstić information content (AvgIpc) is 2.12. The second-order valence-electron chi connectivity index (χ2n) is 4.39. The van der Waals surface area contributed by atoms with Crippen LogP contribution in [-0.4, -0.2) is 18.0 Å². The highest BCUT2D eigenvalue weighted by molar-refractivity contribution is 5.80. The minimum atomic E-state index is -4.23. The second-order valence-corrected chi connectivity index (χ2v) is 4.39. The first-order chi connectivity index (χ1) is 7.22. The summed E-state index contributed by atoms with van der Waals surface area (Å²) in [5, 5.41) is 0. The number of hydrogen-bond acceptors (Lipinski definition) is 2. The van der Waals surface area contributed by atoms with Crippen molar-refractivity contribution in [3.63, 3.8) is 0 Å². The lowest BCUT2D eigenvalue weighted by Gasteiger charge is -2.12. The minimum absolute atomic E-state index is 0.0810. The van der Waals surface area contributed by atoms with Crippen molar-refractivity contribution in [3.8, 4) is 0 Å². The number of alkyl halides is 3. The Morgan fingerprint density at radius 1 is 1.25 bits per heavy atom. The summed E-state index contributed by atoms with van der Waals surface area (Å²) < 4.78 is 35.6. The molecule has 0 radical (unpaired) electrons. The molecule has 0 aliphatic carbocycles. The van der Waals surface area contributed by atoms with Gasteiger partial charge < -0.3 is 5.73 Å². The maximum Gasteiger partial charge on any atom is 0.389 e. The van der Waals surface area contributed by atoms with E-state index in [0.717, 1.165) is 12.8 Å². The molecule has 0 aromatic heterocycles. The van der Waals surface area contributed by atoms with E-state index in [4.69, 9.17) is 5.73 Å². The van der Waals surface area contributed by atoms with Crippen molar-refractivity contribution < 1.29 is 18.0 Å². The molecule has 0 bridgehead atoms. The van der Waals surface area contributed by atoms with E-state index in [0.29, 0.717) is 6.42 Å². The Labute approximate surface area is 94.4 Å². The van der Waals surface area contributed by atoms with Crippen LogP contribution in [0.3, 0.4) is 0 Å². The summed E-state index contributed by atoms with van der Waals surface area (Å²) >= 11 is 0. The normalized spacial score (nSPS) is 15.9. The van der Waals surface area contributed by atoms with Crippen LogP contribution >= 0.6 is 0 Å². The third-order valence-corrected chi connectivity index (χ3v) is 2.50. The molecule has 0 saturated carbocycles. The molecule has 0 amide bonds. The summed E-state index contributed by atoms with van der Waals surface area (Å²) in [6.07, 6.45) is -3.43. The fourth-order valence-corrected chi connectivity index (χ4v) is 1.42. The van der Waals surface area contributed by atoms with Crippen LogP contribution in [0.25, 0.3) is 0 Å². The zero-order valence-electron chi connectivity index (χ0n) is 9.81. The molecule has 0 aromatic rings. The lowest BCUT2D eigenvalue weighted by Crippen LogP contribution is -2.18. The Bertz CT molecular complexity index is 214. The first-order valence-corrected chi connectivity index (χ1v) is 5.57. The Kier molecular flexibility index (Phi) is 6.64. The third kappa shape index (κ3) is 8.71. The summed E-state index contributed by atoms with van der Waals surface area (Å²) in [6.45, 7) is 3.55. The molecule has 0 rings (SSSR count). The van der Waals surface area contributed by atoms with Crippen molar-refractivity contribution in [1.82, 2.24) is 0 Å². The summed E-state index contributed by atoms with van der Waals surface area (Å²) in [5.74, 6) is -0.594. The van der Waals surface area contributed by atoms with Crippen LogP contribution < -0.4 is 5.73 Å². The van der Waals surface area contributed by atoms with Gasteiger partial charge in [0.15, 0.2) is 0 Å². The van der Waals surface area contributed by atoms with Gasteiger partial charge in [-0.3, -0.25) is 4.79 Å². The highest BCUT2D eigenvalue weighted by atomic mass is 19.4. The lowest BCUT2D eigenvalue weighted by atomic mass is 9.95. The molecule has 0 heterocycles. The maximum atomic E-state index is 11.9. The van der Waals surface area contributed by atoms with Gasteiger partial charge in [-0.25, -0.2) is 0 Å². The van der Waals surface area contributed by atoms with Gasteiger partial charge in [0.05, 0.1) is 6.42 Å². The number of ketones is 1. The highest BCUT2D eigenvalue weighted by Crippen LogP contribution is 2.23. The van der Waals surface area contributed by atoms with Gasteiger partial charge in [-0.05, 0) is 19.8 Å². The lowest BCUT2D eigenvalue weighted by molar-refractivity contribution is -0.144. The van der Waals surface area contributed by atoms with Crippen LogP contribution in [0.4, 0.5) is 13.2 Å². The topological polar surface area (TPSA) is 43.1 Å². The SMILES string of the molecule is CC(N)CCCC(C)C(=O)CCC(F)(F)F. The molecular formula is C11H20F3NO. The largest absolute Gasteiger partial charge is 0.389 e. The van der Waals surface area contributed by atoms with Crippen LogP contribution in [0.2, 0.25) is 0 Å². The molecule has 2 atom stereocenters. The Morgan fingerprint density at radius 3 is 2.25 bits per heavy atom. The molecular weight excluding hydrogens is 219 g/mol. The number of Topliss-reactive ketones (excluding diaryl/α,β-unsaturated/α-hetero) is 1. The minimum Gasteiger partial charge on any atom is -0.328 e. The van der Waals surface area contributed by atoms with Crippen LogP contribution in [0.5, 0.6) is 0 Å². The Morgan fingerprint density at radius 2 is 1.81 bits per heavy atom. The quantitative estimate of drug-likeness (QED) is 0.742. The first-order valence-electron chi connectivity index (χ1n) is 5.57. The van der Waals surface area contributed by atoms with Gasteiger partial charge in [0, 0.05) is 18.4 Å². The number of hydrogen-bond donors (Lipinski definition) is 1. The zero-order chi connectivity index (χ0) is 12.8. The van der Waals surface area contributed by atoms with Gasteiger partial charge >= 0.3 is 6.18 Å². The molecule has 0 saturated heterocycles. The fraction of sp³-hybridized carbons (Fsp3) is 0.909. The molecule has 2 nitrogen and oxygen atoms in total. The van der Waals surface area contributed by atoms with E-state index in [1.54, 1.807) is 6.92 Å². The molecule has 2 unspecified atom stereocenters. The van der Waals surface area contributed by atoms with Crippen LogP contribution in [0, 0.1) is 5.92 Å². The van der Waals surface area contributed by atoms with Gasteiger partial charge in [-0.1, -0.05) is 13.3 Å². The van der Waals surface area contributed by atoms with Gasteiger partial charge in [-0.15, -0.1) is 0 Å². The predicted octanol–water partition coefficient (Wildman–Crippen LogP) is 3.05. The summed E-state index contributed by atoms with van der Waals surface area (Å²) in [6, 6.07) is 0.0810. The average molecular weight is 239 g/mol. The number of carbonyl (C=O) groups excluding carboxylic acids is 1. The van der Waals surface area contributed by atoms with Crippen LogP contribution in [0.1, 0.15) is 46.0 Å². The van der Waals surface area contributed by atoms with Crippen molar-refractivity contribution in [2.75, 3.05) is 0 Å². The summed E-state index contributed by atoms with van der Waals surface area (Å²) in [5.41, 5.74) is 5.54. The van der Waals surface area contributed by atoms with E-state index >= 15 is 0 Å². The van der Waals surface area contributed by atoms with E-state index in [1.807, 2.05) is 6.92 Å². The number of nitrogens with two attached hydrogens (primary N) is 1. The Balaban J connectivity index is 3.74. The van der Waals surface area contributed by atoms with Crippen LogP contribution in [-0.2, 0) is 4.79 Å². The third-order valence-electron chi connectivity index (χ3n) is 2.50. The van der Waals surface area contributed by atoms with Crippen molar-refractivity contribution in [2.24, 2.45) is 11.7 Å². The molecule has 16 heavy (non-hydrogen) atoms. The molecule has 0 aliphatic rings. The molecule has 0 aliphatic heterocycles. The number of rotatable bonds is 7. The first kappa shape index (κ1) is 15.4. The summed E-state index contributed by atoms with van der Waals surface area (Å²) in [4.78, 5) is 11.3. The van der Waals surface area contributed by atoms with Gasteiger partial charge in [0.2, 0.25) is 0 Å². The number of halogens is 3. The molecule has 5 heteroatoms. The Hall–Kier alpha value is -0.580. The fourth-order valence-electron chi connectivity index (χ4n) is 1.42. The zero-order valence-corrected chi connectivity index (χ0v) is 9.81.